The Kier molecular flexibility index (Phi) is 7.32. The van der Waals surface area contributed by atoms with E-state index in [-0.39, 0.29) is 0 Å². The van der Waals surface area contributed by atoms with E-state index in [4.69, 9.17) is 4.74 Å². The molecule has 0 bridgehead atoms. The SMILES string of the molecule is CCNC(=NCCc1c(C)nn(C)c1C)NCCOc1ccccc1. The van der Waals surface area contributed by atoms with E-state index in [1.807, 2.05) is 42.1 Å². The van der Waals surface area contributed by atoms with Gasteiger partial charge in [-0.05, 0) is 44.9 Å². The van der Waals surface area contributed by atoms with Gasteiger partial charge in [0.05, 0.1) is 12.2 Å². The van der Waals surface area contributed by atoms with E-state index in [9.17, 15) is 0 Å². The fourth-order valence-corrected chi connectivity index (χ4v) is 2.66. The number of aliphatic imine (C=N–C) groups is 1. The van der Waals surface area contributed by atoms with Gasteiger partial charge in [-0.2, -0.15) is 5.10 Å². The second-order valence-corrected chi connectivity index (χ2v) is 5.87. The number of para-hydroxylation sites is 1. The molecule has 0 radical (unpaired) electrons. The molecule has 0 unspecified atom stereocenters. The number of benzene rings is 1. The number of guanidine groups is 1. The Balaban J connectivity index is 1.79. The largest absolute Gasteiger partial charge is 0.492 e. The summed E-state index contributed by atoms with van der Waals surface area (Å²) < 4.78 is 7.62. The number of hydrogen-bond donors (Lipinski definition) is 2. The Bertz CT molecular complexity index is 679. The number of hydrogen-bond acceptors (Lipinski definition) is 3. The van der Waals surface area contributed by atoms with Crippen LogP contribution < -0.4 is 15.4 Å². The van der Waals surface area contributed by atoms with Crippen molar-refractivity contribution < 1.29 is 4.74 Å². The maximum atomic E-state index is 5.69. The summed E-state index contributed by atoms with van der Waals surface area (Å²) in [7, 11) is 1.98. The molecule has 0 aliphatic heterocycles. The van der Waals surface area contributed by atoms with Crippen LogP contribution in [0.5, 0.6) is 5.75 Å². The summed E-state index contributed by atoms with van der Waals surface area (Å²) in [5.74, 6) is 1.70. The number of rotatable bonds is 8. The lowest BCUT2D eigenvalue weighted by Crippen LogP contribution is -2.39. The Labute approximate surface area is 150 Å². The van der Waals surface area contributed by atoms with Gasteiger partial charge in [0.2, 0.25) is 0 Å². The summed E-state index contributed by atoms with van der Waals surface area (Å²) in [4.78, 5) is 4.65. The Morgan fingerprint density at radius 1 is 1.20 bits per heavy atom. The zero-order valence-electron chi connectivity index (χ0n) is 15.7. The van der Waals surface area contributed by atoms with Crippen LogP contribution in [-0.4, -0.2) is 42.0 Å². The highest BCUT2D eigenvalue weighted by atomic mass is 16.5. The maximum absolute atomic E-state index is 5.69. The normalized spacial score (nSPS) is 11.4. The lowest BCUT2D eigenvalue weighted by atomic mass is 10.1. The monoisotopic (exact) mass is 343 g/mol. The third-order valence-corrected chi connectivity index (χ3v) is 4.04. The third kappa shape index (κ3) is 5.81. The molecule has 0 saturated heterocycles. The van der Waals surface area contributed by atoms with Crippen molar-refractivity contribution in [3.8, 4) is 5.75 Å². The lowest BCUT2D eigenvalue weighted by Gasteiger charge is -2.12. The van der Waals surface area contributed by atoms with Crippen LogP contribution in [0.4, 0.5) is 0 Å². The molecule has 2 rings (SSSR count). The van der Waals surface area contributed by atoms with Crippen molar-refractivity contribution in [2.45, 2.75) is 27.2 Å². The fraction of sp³-hybridized carbons (Fsp3) is 0.474. The van der Waals surface area contributed by atoms with Crippen molar-refractivity contribution in [1.29, 1.82) is 0 Å². The standard InChI is InChI=1S/C19H29N5O/c1-5-20-19(22-13-14-25-17-9-7-6-8-10-17)21-12-11-18-15(2)23-24(4)16(18)3/h6-10H,5,11-14H2,1-4H3,(H2,20,21,22). The highest BCUT2D eigenvalue weighted by Gasteiger charge is 2.08. The van der Waals surface area contributed by atoms with Gasteiger partial charge in [0.25, 0.3) is 0 Å². The number of nitrogens with one attached hydrogen (secondary N) is 2. The Hall–Kier alpha value is -2.50. The number of aryl methyl sites for hydroxylation is 2. The summed E-state index contributed by atoms with van der Waals surface area (Å²) in [6, 6.07) is 9.83. The molecular formula is C19H29N5O. The van der Waals surface area contributed by atoms with Crippen LogP contribution in [0.1, 0.15) is 23.9 Å². The molecule has 0 amide bonds. The van der Waals surface area contributed by atoms with Gasteiger partial charge in [-0.25, -0.2) is 0 Å². The van der Waals surface area contributed by atoms with Gasteiger partial charge in [0, 0.05) is 25.8 Å². The average Bonchev–Trinajstić information content (AvgIpc) is 2.85. The molecule has 0 atom stereocenters. The molecule has 0 saturated carbocycles. The zero-order valence-corrected chi connectivity index (χ0v) is 15.7. The van der Waals surface area contributed by atoms with Crippen LogP contribution >= 0.6 is 0 Å². The number of aromatic nitrogens is 2. The number of ether oxygens (including phenoxy) is 1. The van der Waals surface area contributed by atoms with Crippen LogP contribution in [-0.2, 0) is 13.5 Å². The molecule has 0 aliphatic carbocycles. The molecule has 1 heterocycles. The minimum absolute atomic E-state index is 0.593. The van der Waals surface area contributed by atoms with Crippen molar-refractivity contribution in [2.24, 2.45) is 12.0 Å². The molecule has 25 heavy (non-hydrogen) atoms. The summed E-state index contributed by atoms with van der Waals surface area (Å²) >= 11 is 0. The van der Waals surface area contributed by atoms with Gasteiger partial charge < -0.3 is 15.4 Å². The van der Waals surface area contributed by atoms with Crippen molar-refractivity contribution in [1.82, 2.24) is 20.4 Å². The first-order valence-corrected chi connectivity index (χ1v) is 8.81. The summed E-state index contributed by atoms with van der Waals surface area (Å²) in [6.45, 7) is 9.06. The van der Waals surface area contributed by atoms with Crippen LogP contribution in [0.25, 0.3) is 0 Å². The summed E-state index contributed by atoms with van der Waals surface area (Å²) in [6.07, 6.45) is 0.891. The van der Waals surface area contributed by atoms with E-state index in [0.29, 0.717) is 13.2 Å². The first-order valence-electron chi connectivity index (χ1n) is 8.81. The van der Waals surface area contributed by atoms with Crippen LogP contribution in [0.15, 0.2) is 35.3 Å². The third-order valence-electron chi connectivity index (χ3n) is 4.04. The molecule has 6 nitrogen and oxygen atoms in total. The van der Waals surface area contributed by atoms with Crippen molar-refractivity contribution in [2.75, 3.05) is 26.2 Å². The molecule has 2 N–H and O–H groups in total. The molecular weight excluding hydrogens is 314 g/mol. The van der Waals surface area contributed by atoms with E-state index < -0.39 is 0 Å². The summed E-state index contributed by atoms with van der Waals surface area (Å²) in [5.41, 5.74) is 3.58. The molecule has 0 aliphatic rings. The van der Waals surface area contributed by atoms with E-state index in [1.54, 1.807) is 0 Å². The molecule has 6 heteroatoms. The van der Waals surface area contributed by atoms with Crippen LogP contribution in [0.3, 0.4) is 0 Å². The zero-order chi connectivity index (χ0) is 18.1. The maximum Gasteiger partial charge on any atom is 0.191 e. The lowest BCUT2D eigenvalue weighted by molar-refractivity contribution is 0.322. The van der Waals surface area contributed by atoms with Crippen molar-refractivity contribution >= 4 is 5.96 Å². The van der Waals surface area contributed by atoms with Crippen molar-refractivity contribution in [3.05, 3.63) is 47.3 Å². The fourth-order valence-electron chi connectivity index (χ4n) is 2.66. The predicted octanol–water partition coefficient (Wildman–Crippen LogP) is 2.21. The average molecular weight is 343 g/mol. The van der Waals surface area contributed by atoms with E-state index >= 15 is 0 Å². The van der Waals surface area contributed by atoms with E-state index in [2.05, 4.69) is 41.5 Å². The first-order chi connectivity index (χ1) is 12.1. The molecule has 1 aromatic heterocycles. The van der Waals surface area contributed by atoms with Gasteiger partial charge >= 0.3 is 0 Å². The van der Waals surface area contributed by atoms with Gasteiger partial charge in [0.1, 0.15) is 12.4 Å². The Morgan fingerprint density at radius 2 is 1.96 bits per heavy atom. The second kappa shape index (κ2) is 9.71. The van der Waals surface area contributed by atoms with Gasteiger partial charge in [-0.15, -0.1) is 0 Å². The quantitative estimate of drug-likeness (QED) is 0.438. The molecule has 2 aromatic rings. The molecule has 1 aromatic carbocycles. The van der Waals surface area contributed by atoms with Crippen LogP contribution in [0.2, 0.25) is 0 Å². The highest BCUT2D eigenvalue weighted by molar-refractivity contribution is 5.79. The van der Waals surface area contributed by atoms with Gasteiger partial charge in [0.15, 0.2) is 5.96 Å². The minimum Gasteiger partial charge on any atom is -0.492 e. The highest BCUT2D eigenvalue weighted by Crippen LogP contribution is 2.12. The smallest absolute Gasteiger partial charge is 0.191 e. The molecule has 0 fully saturated rings. The van der Waals surface area contributed by atoms with Crippen LogP contribution in [0, 0.1) is 13.8 Å². The van der Waals surface area contributed by atoms with E-state index in [0.717, 1.165) is 36.9 Å². The minimum atomic E-state index is 0.593. The first kappa shape index (κ1) is 18.8. The predicted molar refractivity (Wildman–Crippen MR) is 102 cm³/mol. The van der Waals surface area contributed by atoms with Gasteiger partial charge in [-0.3, -0.25) is 9.67 Å². The summed E-state index contributed by atoms with van der Waals surface area (Å²) in [5, 5.41) is 11.0. The van der Waals surface area contributed by atoms with Crippen molar-refractivity contribution in [3.63, 3.8) is 0 Å². The Morgan fingerprint density at radius 3 is 2.60 bits per heavy atom. The molecule has 136 valence electrons. The number of nitrogens with zero attached hydrogens (tertiary/aromatic N) is 3. The second-order valence-electron chi connectivity index (χ2n) is 5.87. The topological polar surface area (TPSA) is 63.5 Å². The molecule has 0 spiro atoms. The van der Waals surface area contributed by atoms with E-state index in [1.165, 1.54) is 11.3 Å². The van der Waals surface area contributed by atoms with Gasteiger partial charge in [-0.1, -0.05) is 18.2 Å².